The van der Waals surface area contributed by atoms with Gasteiger partial charge in [0, 0.05) is 30.1 Å². The van der Waals surface area contributed by atoms with Gasteiger partial charge in [-0.3, -0.25) is 4.98 Å². The van der Waals surface area contributed by atoms with Crippen LogP contribution in [0.25, 0.3) is 11.3 Å². The van der Waals surface area contributed by atoms with Crippen molar-refractivity contribution < 1.29 is 9.66 Å². The summed E-state index contributed by atoms with van der Waals surface area (Å²) in [5, 5.41) is 10.6. The third kappa shape index (κ3) is 3.38. The Balaban J connectivity index is 1.84. The molecule has 0 aliphatic heterocycles. The maximum absolute atomic E-state index is 10.6. The fraction of sp³-hybridized carbons (Fsp3) is 0. The van der Waals surface area contributed by atoms with Gasteiger partial charge in [0.1, 0.15) is 11.6 Å². The molecule has 0 amide bonds. The highest BCUT2D eigenvalue weighted by Crippen LogP contribution is 2.26. The first-order valence-corrected chi connectivity index (χ1v) is 6.58. The van der Waals surface area contributed by atoms with Crippen LogP contribution in [0.1, 0.15) is 0 Å². The zero-order chi connectivity index (χ0) is 16.2. The zero-order valence-electron chi connectivity index (χ0n) is 11.8. The summed E-state index contributed by atoms with van der Waals surface area (Å²) < 4.78 is 5.63. The number of pyridine rings is 3. The second kappa shape index (κ2) is 6.06. The third-order valence-electron chi connectivity index (χ3n) is 2.95. The molecule has 23 heavy (non-hydrogen) atoms. The molecule has 0 atom stereocenters. The van der Waals surface area contributed by atoms with Crippen LogP contribution in [0.5, 0.6) is 11.5 Å². The molecule has 3 heterocycles. The quantitative estimate of drug-likeness (QED) is 0.581. The summed E-state index contributed by atoms with van der Waals surface area (Å²) in [6.07, 6.45) is 4.49. The fourth-order valence-electron chi connectivity index (χ4n) is 1.92. The third-order valence-corrected chi connectivity index (χ3v) is 2.95. The van der Waals surface area contributed by atoms with E-state index in [2.05, 4.69) is 15.0 Å². The highest BCUT2D eigenvalue weighted by molar-refractivity contribution is 5.63. The maximum Gasteiger partial charge on any atom is 0.363 e. The van der Waals surface area contributed by atoms with Gasteiger partial charge in [0.15, 0.2) is 11.9 Å². The lowest BCUT2D eigenvalue weighted by molar-refractivity contribution is -0.389. The van der Waals surface area contributed by atoms with Gasteiger partial charge in [0.25, 0.3) is 0 Å². The number of nitrogens with zero attached hydrogens (tertiary/aromatic N) is 4. The lowest BCUT2D eigenvalue weighted by Crippen LogP contribution is -1.93. The minimum Gasteiger partial charge on any atom is -0.453 e. The van der Waals surface area contributed by atoms with Crippen molar-refractivity contribution in [2.24, 2.45) is 0 Å². The molecule has 8 nitrogen and oxygen atoms in total. The molecule has 0 aliphatic carbocycles. The zero-order valence-corrected chi connectivity index (χ0v) is 11.8. The summed E-state index contributed by atoms with van der Waals surface area (Å²) in [6.45, 7) is 0. The van der Waals surface area contributed by atoms with Crippen LogP contribution in [-0.2, 0) is 0 Å². The van der Waals surface area contributed by atoms with Gasteiger partial charge >= 0.3 is 5.82 Å². The van der Waals surface area contributed by atoms with Crippen LogP contribution in [0.4, 0.5) is 11.6 Å². The van der Waals surface area contributed by atoms with E-state index in [1.807, 2.05) is 0 Å². The maximum atomic E-state index is 10.6. The van der Waals surface area contributed by atoms with Crippen molar-refractivity contribution in [3.8, 4) is 22.8 Å². The Hall–Kier alpha value is -3.55. The molecule has 0 saturated heterocycles. The van der Waals surface area contributed by atoms with E-state index in [0.29, 0.717) is 23.0 Å². The smallest absolute Gasteiger partial charge is 0.363 e. The van der Waals surface area contributed by atoms with Crippen molar-refractivity contribution in [3.05, 3.63) is 65.1 Å². The Kier molecular flexibility index (Phi) is 3.79. The van der Waals surface area contributed by atoms with Crippen LogP contribution in [0.3, 0.4) is 0 Å². The number of nitro groups is 1. The van der Waals surface area contributed by atoms with Gasteiger partial charge < -0.3 is 20.6 Å². The van der Waals surface area contributed by atoms with Crippen molar-refractivity contribution in [1.29, 1.82) is 0 Å². The Bertz CT molecular complexity index is 852. The van der Waals surface area contributed by atoms with Crippen molar-refractivity contribution in [2.45, 2.75) is 0 Å². The van der Waals surface area contributed by atoms with Crippen LogP contribution in [0.15, 0.2) is 55.0 Å². The molecule has 114 valence electrons. The molecule has 0 radical (unpaired) electrons. The Labute approximate surface area is 130 Å². The Morgan fingerprint density at radius 2 is 1.83 bits per heavy atom. The molecule has 0 unspecified atom stereocenters. The second-order valence-electron chi connectivity index (χ2n) is 4.56. The first kappa shape index (κ1) is 14.4. The summed E-state index contributed by atoms with van der Waals surface area (Å²) in [5.41, 5.74) is 7.15. The number of rotatable bonds is 4. The topological polar surface area (TPSA) is 117 Å². The highest BCUT2D eigenvalue weighted by Gasteiger charge is 2.08. The van der Waals surface area contributed by atoms with Crippen molar-refractivity contribution in [3.63, 3.8) is 0 Å². The number of anilines is 1. The van der Waals surface area contributed by atoms with Crippen LogP contribution in [0.2, 0.25) is 0 Å². The summed E-state index contributed by atoms with van der Waals surface area (Å²) in [7, 11) is 0. The Morgan fingerprint density at radius 3 is 2.52 bits per heavy atom. The SMILES string of the molecule is Nc1cc(-c2cc(Oc3ccc([N+](=O)[O-])nc3)ccn2)ccn1. The number of nitrogen functional groups attached to an aromatic ring is 1. The van der Waals surface area contributed by atoms with Gasteiger partial charge in [-0.05, 0) is 34.2 Å². The average Bonchev–Trinajstić information content (AvgIpc) is 2.56. The van der Waals surface area contributed by atoms with E-state index in [1.54, 1.807) is 36.7 Å². The molecule has 0 aromatic carbocycles. The fourth-order valence-corrected chi connectivity index (χ4v) is 1.92. The van der Waals surface area contributed by atoms with E-state index in [9.17, 15) is 10.1 Å². The van der Waals surface area contributed by atoms with Crippen molar-refractivity contribution in [2.75, 3.05) is 5.73 Å². The van der Waals surface area contributed by atoms with Crippen LogP contribution in [-0.4, -0.2) is 19.9 Å². The molecular formula is C15H11N5O3. The van der Waals surface area contributed by atoms with E-state index in [4.69, 9.17) is 10.5 Å². The molecule has 0 fully saturated rings. The molecule has 0 spiro atoms. The van der Waals surface area contributed by atoms with E-state index >= 15 is 0 Å². The predicted octanol–water partition coefficient (Wildman–Crippen LogP) is 2.82. The molecule has 3 aromatic heterocycles. The summed E-state index contributed by atoms with van der Waals surface area (Å²) in [6, 6.07) is 9.66. The molecule has 8 heteroatoms. The summed E-state index contributed by atoms with van der Waals surface area (Å²) in [4.78, 5) is 21.9. The van der Waals surface area contributed by atoms with Gasteiger partial charge in [-0.15, -0.1) is 0 Å². The molecule has 0 aliphatic rings. The number of ether oxygens (including phenoxy) is 1. The number of aromatic nitrogens is 3. The van der Waals surface area contributed by atoms with E-state index in [1.165, 1.54) is 18.3 Å². The summed E-state index contributed by atoms with van der Waals surface area (Å²) >= 11 is 0. The second-order valence-corrected chi connectivity index (χ2v) is 4.56. The minimum absolute atomic E-state index is 0.236. The Morgan fingerprint density at radius 1 is 1.00 bits per heavy atom. The number of nitrogens with two attached hydrogens (primary N) is 1. The van der Waals surface area contributed by atoms with Gasteiger partial charge in [-0.25, -0.2) is 4.98 Å². The first-order chi connectivity index (χ1) is 11.1. The largest absolute Gasteiger partial charge is 0.453 e. The van der Waals surface area contributed by atoms with Crippen molar-refractivity contribution >= 4 is 11.6 Å². The van der Waals surface area contributed by atoms with E-state index in [-0.39, 0.29) is 5.82 Å². The standard InChI is InChI=1S/C15H11N5O3/c16-14-7-10(3-5-18-14)13-8-11(4-6-17-13)23-12-1-2-15(19-9-12)20(21)22/h1-9H,(H2,16,18). The van der Waals surface area contributed by atoms with Crippen LogP contribution in [0, 0.1) is 10.1 Å². The van der Waals surface area contributed by atoms with Crippen LogP contribution >= 0.6 is 0 Å². The molecule has 3 aromatic rings. The first-order valence-electron chi connectivity index (χ1n) is 6.58. The van der Waals surface area contributed by atoms with Gasteiger partial charge in [-0.2, -0.15) is 0 Å². The minimum atomic E-state index is -0.567. The molecular weight excluding hydrogens is 298 g/mol. The van der Waals surface area contributed by atoms with Crippen molar-refractivity contribution in [1.82, 2.24) is 15.0 Å². The van der Waals surface area contributed by atoms with Crippen LogP contribution < -0.4 is 10.5 Å². The average molecular weight is 309 g/mol. The monoisotopic (exact) mass is 309 g/mol. The molecule has 3 rings (SSSR count). The molecule has 2 N–H and O–H groups in total. The van der Waals surface area contributed by atoms with Gasteiger partial charge in [0.2, 0.25) is 0 Å². The highest BCUT2D eigenvalue weighted by atomic mass is 16.6. The van der Waals surface area contributed by atoms with Gasteiger partial charge in [-0.1, -0.05) is 0 Å². The van der Waals surface area contributed by atoms with E-state index in [0.717, 1.165) is 5.56 Å². The molecule has 0 saturated carbocycles. The summed E-state index contributed by atoms with van der Waals surface area (Å²) in [5.74, 6) is 1.08. The number of hydrogen-bond donors (Lipinski definition) is 1. The van der Waals surface area contributed by atoms with Gasteiger partial charge in [0.05, 0.1) is 5.69 Å². The van der Waals surface area contributed by atoms with E-state index < -0.39 is 4.92 Å². The predicted molar refractivity (Wildman–Crippen MR) is 82.8 cm³/mol. The lowest BCUT2D eigenvalue weighted by atomic mass is 10.1. The molecule has 0 bridgehead atoms. The lowest BCUT2D eigenvalue weighted by Gasteiger charge is -2.06. The number of hydrogen-bond acceptors (Lipinski definition) is 7. The normalized spacial score (nSPS) is 10.3.